The van der Waals surface area contributed by atoms with Gasteiger partial charge in [0.05, 0.1) is 22.1 Å². The van der Waals surface area contributed by atoms with Gasteiger partial charge in [0.15, 0.2) is 11.4 Å². The van der Waals surface area contributed by atoms with Crippen molar-refractivity contribution in [3.05, 3.63) is 170 Å². The van der Waals surface area contributed by atoms with E-state index in [-0.39, 0.29) is 0 Å². The molecule has 0 aliphatic heterocycles. The van der Waals surface area contributed by atoms with Gasteiger partial charge in [0, 0.05) is 49.4 Å². The van der Waals surface area contributed by atoms with Crippen molar-refractivity contribution < 1.29 is 4.42 Å². The van der Waals surface area contributed by atoms with E-state index in [0.717, 1.165) is 66.5 Å². The van der Waals surface area contributed by atoms with Crippen molar-refractivity contribution in [2.24, 2.45) is 0 Å². The first kappa shape index (κ1) is 27.9. The fourth-order valence-electron chi connectivity index (χ4n) is 7.85. The summed E-state index contributed by atoms with van der Waals surface area (Å²) in [5, 5.41) is 5.70. The van der Waals surface area contributed by atoms with Crippen LogP contribution in [0.2, 0.25) is 0 Å². The van der Waals surface area contributed by atoms with E-state index in [4.69, 9.17) is 14.4 Å². The van der Waals surface area contributed by atoms with Gasteiger partial charge in [-0.05, 0) is 54.6 Å². The molecule has 4 heterocycles. The molecule has 0 aliphatic rings. The maximum Gasteiger partial charge on any atom is 0.180 e. The van der Waals surface area contributed by atoms with Gasteiger partial charge in [-0.2, -0.15) is 0 Å². The lowest BCUT2D eigenvalue weighted by atomic mass is 10.1. The first-order valence-corrected chi connectivity index (χ1v) is 17.2. The minimum atomic E-state index is 0.671. The Morgan fingerprint density at radius 1 is 0.392 bits per heavy atom. The first-order valence-electron chi connectivity index (χ1n) is 17.2. The zero-order chi connectivity index (χ0) is 33.5. The van der Waals surface area contributed by atoms with Crippen LogP contribution < -0.4 is 0 Å². The van der Waals surface area contributed by atoms with Crippen LogP contribution in [-0.4, -0.2) is 19.1 Å². The van der Waals surface area contributed by atoms with E-state index in [1.165, 1.54) is 21.8 Å². The number of nitrogens with zero attached hydrogens (tertiary/aromatic N) is 4. The molecule has 51 heavy (non-hydrogen) atoms. The second kappa shape index (κ2) is 10.8. The normalized spacial score (nSPS) is 11.9. The molecule has 7 aromatic carbocycles. The molecule has 5 nitrogen and oxygen atoms in total. The lowest BCUT2D eigenvalue weighted by Crippen LogP contribution is -1.95. The second-order valence-electron chi connectivity index (χ2n) is 13.0. The van der Waals surface area contributed by atoms with Crippen molar-refractivity contribution in [1.29, 1.82) is 0 Å². The molecule has 0 atom stereocenters. The van der Waals surface area contributed by atoms with E-state index in [1.807, 2.05) is 36.4 Å². The summed E-state index contributed by atoms with van der Waals surface area (Å²) in [5.41, 5.74) is 11.8. The Labute approximate surface area is 292 Å². The van der Waals surface area contributed by atoms with Crippen LogP contribution in [0.25, 0.3) is 99.7 Å². The van der Waals surface area contributed by atoms with Crippen LogP contribution in [0.4, 0.5) is 0 Å². The summed E-state index contributed by atoms with van der Waals surface area (Å²) in [6.07, 6.45) is 0. The number of hydrogen-bond acceptors (Lipinski definition) is 3. The van der Waals surface area contributed by atoms with Gasteiger partial charge in [-0.1, -0.05) is 115 Å². The fourth-order valence-corrected chi connectivity index (χ4v) is 7.85. The number of furan rings is 1. The van der Waals surface area contributed by atoms with Gasteiger partial charge in [0.1, 0.15) is 16.8 Å². The number of para-hydroxylation sites is 3. The molecular weight excluding hydrogens is 625 g/mol. The Hall–Kier alpha value is -6.98. The number of aromatic nitrogens is 4. The van der Waals surface area contributed by atoms with Crippen molar-refractivity contribution in [1.82, 2.24) is 19.1 Å². The molecule has 0 fully saturated rings. The highest BCUT2D eigenvalue weighted by Crippen LogP contribution is 2.42. The van der Waals surface area contributed by atoms with E-state index < -0.39 is 0 Å². The Kier molecular flexibility index (Phi) is 5.89. The van der Waals surface area contributed by atoms with Crippen molar-refractivity contribution in [2.75, 3.05) is 0 Å². The number of fused-ring (bicyclic) bond motifs is 9. The molecule has 0 unspecified atom stereocenters. The smallest absolute Gasteiger partial charge is 0.180 e. The van der Waals surface area contributed by atoms with Crippen LogP contribution in [0.5, 0.6) is 0 Å². The molecule has 0 bridgehead atoms. The lowest BCUT2D eigenvalue weighted by molar-refractivity contribution is 0.668. The molecule has 0 saturated carbocycles. The summed E-state index contributed by atoms with van der Waals surface area (Å²) in [4.78, 5) is 10.3. The molecule has 238 valence electrons. The van der Waals surface area contributed by atoms with Crippen LogP contribution in [-0.2, 0) is 0 Å². The monoisotopic (exact) mass is 652 g/mol. The Balaban J connectivity index is 1.24. The van der Waals surface area contributed by atoms with Crippen molar-refractivity contribution in [3.8, 4) is 34.0 Å². The second-order valence-corrected chi connectivity index (χ2v) is 13.0. The van der Waals surface area contributed by atoms with E-state index >= 15 is 0 Å². The van der Waals surface area contributed by atoms with E-state index in [2.05, 4.69) is 143 Å². The standard InChI is InChI=1S/C46H28N4O/c1-4-14-29(15-5-1)43-45-44(48-46(47-43)30-16-6-2-7-17-30)37-27-41-36(28-42(37)51-45)35-26-32(24-25-40(35)49(41)31-18-8-3-9-19-31)50-38-22-12-10-20-33(38)34-21-11-13-23-39(34)50/h1-28H. The fraction of sp³-hybridized carbons (Fsp3) is 0. The number of rotatable bonds is 4. The summed E-state index contributed by atoms with van der Waals surface area (Å²) in [5.74, 6) is 0.671. The van der Waals surface area contributed by atoms with Crippen molar-refractivity contribution >= 4 is 65.7 Å². The highest BCUT2D eigenvalue weighted by atomic mass is 16.3. The number of benzene rings is 7. The highest BCUT2D eigenvalue weighted by Gasteiger charge is 2.22. The zero-order valence-electron chi connectivity index (χ0n) is 27.4. The lowest BCUT2D eigenvalue weighted by Gasteiger charge is -2.10. The molecule has 0 aliphatic carbocycles. The van der Waals surface area contributed by atoms with E-state index in [0.29, 0.717) is 11.4 Å². The predicted octanol–water partition coefficient (Wildman–Crippen LogP) is 11.9. The number of hydrogen-bond donors (Lipinski definition) is 0. The van der Waals surface area contributed by atoms with E-state index in [1.54, 1.807) is 0 Å². The summed E-state index contributed by atoms with van der Waals surface area (Å²) in [6.45, 7) is 0. The summed E-state index contributed by atoms with van der Waals surface area (Å²) >= 11 is 0. The maximum absolute atomic E-state index is 6.78. The van der Waals surface area contributed by atoms with Gasteiger partial charge in [0.2, 0.25) is 0 Å². The molecular formula is C46H28N4O. The Morgan fingerprint density at radius 3 is 1.67 bits per heavy atom. The van der Waals surface area contributed by atoms with Crippen molar-refractivity contribution in [2.45, 2.75) is 0 Å². The first-order chi connectivity index (χ1) is 25.3. The van der Waals surface area contributed by atoms with Gasteiger partial charge < -0.3 is 13.6 Å². The third-order valence-corrected chi connectivity index (χ3v) is 10.1. The zero-order valence-corrected chi connectivity index (χ0v) is 27.4. The van der Waals surface area contributed by atoms with Gasteiger partial charge in [-0.3, -0.25) is 0 Å². The third kappa shape index (κ3) is 4.15. The molecule has 4 aromatic heterocycles. The SMILES string of the molecule is c1ccc(-c2nc(-c3ccccc3)c3oc4cc5c6cc(-n7c8ccccc8c8ccccc87)ccc6n(-c6ccccc6)c5cc4c3n2)cc1. The van der Waals surface area contributed by atoms with Gasteiger partial charge in [-0.15, -0.1) is 0 Å². The summed E-state index contributed by atoms with van der Waals surface area (Å²) < 4.78 is 11.5. The molecule has 0 radical (unpaired) electrons. The molecule has 0 spiro atoms. The van der Waals surface area contributed by atoms with E-state index in [9.17, 15) is 0 Å². The van der Waals surface area contributed by atoms with Crippen LogP contribution in [0.3, 0.4) is 0 Å². The molecule has 0 amide bonds. The Morgan fingerprint density at radius 2 is 0.961 bits per heavy atom. The third-order valence-electron chi connectivity index (χ3n) is 10.1. The van der Waals surface area contributed by atoms with Gasteiger partial charge in [0.25, 0.3) is 0 Å². The van der Waals surface area contributed by atoms with Crippen LogP contribution in [0.15, 0.2) is 174 Å². The highest BCUT2D eigenvalue weighted by molar-refractivity contribution is 6.18. The van der Waals surface area contributed by atoms with Gasteiger partial charge in [-0.25, -0.2) is 9.97 Å². The average Bonchev–Trinajstić information content (AvgIpc) is 3.84. The van der Waals surface area contributed by atoms with Crippen LogP contribution in [0, 0.1) is 0 Å². The molecule has 11 rings (SSSR count). The molecule has 5 heteroatoms. The van der Waals surface area contributed by atoms with Crippen LogP contribution in [0.1, 0.15) is 0 Å². The molecule has 0 N–H and O–H groups in total. The minimum absolute atomic E-state index is 0.671. The summed E-state index contributed by atoms with van der Waals surface area (Å²) in [7, 11) is 0. The quantitative estimate of drug-likeness (QED) is 0.190. The van der Waals surface area contributed by atoms with Gasteiger partial charge >= 0.3 is 0 Å². The Bertz CT molecular complexity index is 3070. The average molecular weight is 653 g/mol. The van der Waals surface area contributed by atoms with Crippen molar-refractivity contribution in [3.63, 3.8) is 0 Å². The minimum Gasteiger partial charge on any atom is -0.452 e. The molecule has 0 saturated heterocycles. The largest absolute Gasteiger partial charge is 0.452 e. The summed E-state index contributed by atoms with van der Waals surface area (Å²) in [6, 6.07) is 59.6. The molecule has 11 aromatic rings. The topological polar surface area (TPSA) is 48.8 Å². The maximum atomic E-state index is 6.78. The van der Waals surface area contributed by atoms with Crippen LogP contribution >= 0.6 is 0 Å². The predicted molar refractivity (Wildman–Crippen MR) is 209 cm³/mol.